The second kappa shape index (κ2) is 7.35. The van der Waals surface area contributed by atoms with E-state index in [1.807, 2.05) is 19.0 Å². The van der Waals surface area contributed by atoms with Crippen molar-refractivity contribution >= 4 is 28.1 Å². The predicted molar refractivity (Wildman–Crippen MR) is 98.1 cm³/mol. The van der Waals surface area contributed by atoms with Crippen LogP contribution in [0.4, 0.5) is 11.4 Å². The number of fused-ring (bicyclic) bond motifs is 1. The average molecular weight is 383 g/mol. The lowest BCUT2D eigenvalue weighted by molar-refractivity contribution is -0.685. The first-order chi connectivity index (χ1) is 13.3. The van der Waals surface area contributed by atoms with Crippen molar-refractivity contribution in [1.29, 1.82) is 0 Å². The molecular formula is C18H15N4O6+. The van der Waals surface area contributed by atoms with Crippen molar-refractivity contribution in [3.63, 3.8) is 0 Å². The summed E-state index contributed by atoms with van der Waals surface area (Å²) in [5.41, 5.74) is -1.32. The third kappa shape index (κ3) is 3.47. The van der Waals surface area contributed by atoms with Crippen LogP contribution in [0.15, 0.2) is 57.5 Å². The average Bonchev–Trinajstić information content (AvgIpc) is 2.91. The van der Waals surface area contributed by atoms with Gasteiger partial charge in [-0.2, -0.15) is 4.57 Å². The molecule has 10 nitrogen and oxygen atoms in total. The van der Waals surface area contributed by atoms with Crippen molar-refractivity contribution in [2.75, 3.05) is 19.0 Å². The lowest BCUT2D eigenvalue weighted by atomic mass is 10.2. The molecule has 0 radical (unpaired) electrons. The van der Waals surface area contributed by atoms with Crippen molar-refractivity contribution < 1.29 is 19.1 Å². The van der Waals surface area contributed by atoms with Crippen LogP contribution in [0.25, 0.3) is 10.8 Å². The Kier molecular flexibility index (Phi) is 4.94. The van der Waals surface area contributed by atoms with E-state index in [1.165, 1.54) is 16.7 Å². The van der Waals surface area contributed by atoms with Gasteiger partial charge in [0, 0.05) is 43.4 Å². The van der Waals surface area contributed by atoms with Gasteiger partial charge in [0.15, 0.2) is 17.8 Å². The summed E-state index contributed by atoms with van der Waals surface area (Å²) in [4.78, 5) is 53.5. The van der Waals surface area contributed by atoms with Crippen LogP contribution in [0.2, 0.25) is 0 Å². The molecule has 0 unspecified atom stereocenters. The molecular weight excluding hydrogens is 368 g/mol. The Bertz CT molecular complexity index is 1220. The minimum atomic E-state index is -0.942. The predicted octanol–water partition coefficient (Wildman–Crippen LogP) is -0.243. The lowest BCUT2D eigenvalue weighted by Gasteiger charge is -2.10. The van der Waals surface area contributed by atoms with Crippen LogP contribution in [-0.4, -0.2) is 25.0 Å². The first kappa shape index (κ1) is 18.8. The SMILES string of the molecule is CN(C)c1cc[n+](CC(=O)O/N=c2\c(=O)c3cccc([N+](=O)[O-])c3c2=O)cc1. The standard InChI is InChI=1S/C18H15N4O6/c1-20(2)11-6-8-21(9-7-11)10-14(23)28-19-16-17(24)12-4-3-5-13(22(26)27)15(12)18(16)25/h3-9H,10H2,1-2H3/q+1/b19-16+. The number of non-ortho nitro benzene ring substituents is 1. The first-order valence-electron chi connectivity index (χ1n) is 8.10. The number of nitro groups is 1. The zero-order chi connectivity index (χ0) is 20.4. The number of anilines is 1. The topological polar surface area (TPSA) is 123 Å². The Hall–Kier alpha value is -3.95. The van der Waals surface area contributed by atoms with Crippen molar-refractivity contribution in [2.45, 2.75) is 6.54 Å². The highest BCUT2D eigenvalue weighted by molar-refractivity contribution is 5.91. The summed E-state index contributed by atoms with van der Waals surface area (Å²) in [6.07, 6.45) is 3.32. The molecule has 1 aromatic heterocycles. The molecule has 0 aliphatic heterocycles. The molecule has 0 saturated heterocycles. The van der Waals surface area contributed by atoms with Gasteiger partial charge in [-0.3, -0.25) is 19.7 Å². The molecule has 10 heteroatoms. The van der Waals surface area contributed by atoms with E-state index < -0.39 is 32.8 Å². The maximum absolute atomic E-state index is 12.3. The lowest BCUT2D eigenvalue weighted by Crippen LogP contribution is -2.38. The smallest absolute Gasteiger partial charge is 0.377 e. The Morgan fingerprint density at radius 3 is 2.46 bits per heavy atom. The number of hydrogen-bond acceptors (Lipinski definition) is 8. The Morgan fingerprint density at radius 1 is 1.18 bits per heavy atom. The third-order valence-electron chi connectivity index (χ3n) is 4.08. The second-order valence-corrected chi connectivity index (χ2v) is 6.14. The van der Waals surface area contributed by atoms with Crippen LogP contribution in [-0.2, 0) is 16.2 Å². The number of carbonyl (C=O) groups is 1. The minimum absolute atomic E-state index is 0.136. The van der Waals surface area contributed by atoms with E-state index in [1.54, 1.807) is 24.5 Å². The largest absolute Gasteiger partial charge is 0.399 e. The molecule has 0 N–H and O–H groups in total. The zero-order valence-corrected chi connectivity index (χ0v) is 15.0. The molecule has 3 rings (SSSR count). The highest BCUT2D eigenvalue weighted by Crippen LogP contribution is 2.19. The number of rotatable bonds is 5. The van der Waals surface area contributed by atoms with Crippen LogP contribution >= 0.6 is 0 Å². The first-order valence-corrected chi connectivity index (χ1v) is 8.10. The fourth-order valence-corrected chi connectivity index (χ4v) is 2.68. The van der Waals surface area contributed by atoms with Crippen molar-refractivity contribution in [1.82, 2.24) is 0 Å². The van der Waals surface area contributed by atoms with E-state index >= 15 is 0 Å². The van der Waals surface area contributed by atoms with E-state index in [-0.39, 0.29) is 17.3 Å². The highest BCUT2D eigenvalue weighted by Gasteiger charge is 2.21. The molecule has 3 aromatic rings. The molecule has 0 aliphatic rings. The summed E-state index contributed by atoms with van der Waals surface area (Å²) in [6, 6.07) is 7.28. The maximum atomic E-state index is 12.3. The summed E-state index contributed by atoms with van der Waals surface area (Å²) in [6.45, 7) is -0.194. The number of benzene rings is 1. The van der Waals surface area contributed by atoms with E-state index in [0.29, 0.717) is 0 Å². The molecule has 28 heavy (non-hydrogen) atoms. The van der Waals surface area contributed by atoms with Gasteiger partial charge in [-0.25, -0.2) is 4.79 Å². The van der Waals surface area contributed by atoms with E-state index in [2.05, 4.69) is 9.99 Å². The Labute approximate surface area is 157 Å². The Balaban J connectivity index is 1.88. The third-order valence-corrected chi connectivity index (χ3v) is 4.08. The van der Waals surface area contributed by atoms with Crippen molar-refractivity contribution in [3.8, 4) is 0 Å². The number of carbonyl (C=O) groups excluding carboxylic acids is 1. The van der Waals surface area contributed by atoms with E-state index in [0.717, 1.165) is 11.8 Å². The van der Waals surface area contributed by atoms with E-state index in [4.69, 9.17) is 0 Å². The molecule has 1 heterocycles. The maximum Gasteiger partial charge on any atom is 0.399 e. The van der Waals surface area contributed by atoms with Gasteiger partial charge in [-0.1, -0.05) is 11.2 Å². The van der Waals surface area contributed by atoms with Gasteiger partial charge >= 0.3 is 5.97 Å². The Morgan fingerprint density at radius 2 is 1.86 bits per heavy atom. The number of hydrogen-bond donors (Lipinski definition) is 0. The molecule has 0 spiro atoms. The van der Waals surface area contributed by atoms with Crippen LogP contribution in [0.1, 0.15) is 0 Å². The highest BCUT2D eigenvalue weighted by atomic mass is 16.7. The van der Waals surface area contributed by atoms with Gasteiger partial charge in [0.25, 0.3) is 5.69 Å². The summed E-state index contributed by atoms with van der Waals surface area (Å²) >= 11 is 0. The number of pyridine rings is 1. The monoisotopic (exact) mass is 383 g/mol. The number of aromatic nitrogens is 1. The molecule has 0 atom stereocenters. The summed E-state index contributed by atoms with van der Waals surface area (Å²) in [5, 5.41) is 13.3. The second-order valence-electron chi connectivity index (χ2n) is 6.14. The number of nitrogens with zero attached hydrogens (tertiary/aromatic N) is 4. The number of nitro benzene ring substituents is 1. The van der Waals surface area contributed by atoms with Crippen molar-refractivity contribution in [3.05, 3.63) is 78.6 Å². The molecule has 0 aliphatic carbocycles. The van der Waals surface area contributed by atoms with Crippen LogP contribution in [0.5, 0.6) is 0 Å². The van der Waals surface area contributed by atoms with Gasteiger partial charge in [-0.05, 0) is 6.07 Å². The minimum Gasteiger partial charge on any atom is -0.377 e. The fourth-order valence-electron chi connectivity index (χ4n) is 2.68. The summed E-state index contributed by atoms with van der Waals surface area (Å²) in [5.74, 6) is -0.804. The quantitative estimate of drug-likeness (QED) is 0.258. The molecule has 2 aromatic carbocycles. The summed E-state index contributed by atoms with van der Waals surface area (Å²) in [7, 11) is 3.75. The molecule has 0 amide bonds. The van der Waals surface area contributed by atoms with Crippen LogP contribution in [0, 0.1) is 10.1 Å². The van der Waals surface area contributed by atoms with E-state index in [9.17, 15) is 24.5 Å². The van der Waals surface area contributed by atoms with Gasteiger partial charge in [0.05, 0.1) is 4.92 Å². The van der Waals surface area contributed by atoms with Gasteiger partial charge in [0.1, 0.15) is 5.39 Å². The van der Waals surface area contributed by atoms with Gasteiger partial charge < -0.3 is 9.74 Å². The zero-order valence-electron chi connectivity index (χ0n) is 15.0. The molecule has 0 bridgehead atoms. The molecule has 0 saturated carbocycles. The fraction of sp³-hybridized carbons (Fsp3) is 0.167. The van der Waals surface area contributed by atoms with Crippen LogP contribution in [0.3, 0.4) is 0 Å². The molecule has 142 valence electrons. The molecule has 0 fully saturated rings. The normalized spacial score (nSPS) is 11.6. The van der Waals surface area contributed by atoms with Gasteiger partial charge in [0.2, 0.25) is 17.4 Å². The van der Waals surface area contributed by atoms with Gasteiger partial charge in [-0.15, -0.1) is 0 Å². The summed E-state index contributed by atoms with van der Waals surface area (Å²) < 4.78 is 1.54. The van der Waals surface area contributed by atoms with Crippen molar-refractivity contribution in [2.24, 2.45) is 5.16 Å². The van der Waals surface area contributed by atoms with Crippen LogP contribution < -0.4 is 25.7 Å².